The van der Waals surface area contributed by atoms with Crippen LogP contribution in [-0.2, 0) is 11.2 Å². The number of benzene rings is 2. The lowest BCUT2D eigenvalue weighted by Gasteiger charge is -2.07. The lowest BCUT2D eigenvalue weighted by Crippen LogP contribution is -2.20. The van der Waals surface area contributed by atoms with E-state index in [-0.39, 0.29) is 0 Å². The van der Waals surface area contributed by atoms with Crippen LogP contribution in [0.1, 0.15) is 11.1 Å². The third-order valence-electron chi connectivity index (χ3n) is 2.83. The standard InChI is InChI=1S/C16H14ClNO2/c17-14-8-6-13(7-9-14)11-18-15(16(19)20)10-12-4-2-1-3-5-12/h1-9,11,15H,10H2,(H,19,20). The van der Waals surface area contributed by atoms with Crippen molar-refractivity contribution >= 4 is 23.8 Å². The fourth-order valence-corrected chi connectivity index (χ4v) is 1.89. The lowest BCUT2D eigenvalue weighted by atomic mass is 10.1. The van der Waals surface area contributed by atoms with E-state index < -0.39 is 12.0 Å². The van der Waals surface area contributed by atoms with Gasteiger partial charge >= 0.3 is 5.97 Å². The van der Waals surface area contributed by atoms with Crippen LogP contribution in [0, 0.1) is 0 Å². The van der Waals surface area contributed by atoms with E-state index in [1.165, 1.54) is 0 Å². The number of halogens is 1. The first-order valence-corrected chi connectivity index (χ1v) is 6.58. The van der Waals surface area contributed by atoms with Gasteiger partial charge in [0, 0.05) is 17.7 Å². The Kier molecular flexibility index (Phi) is 4.91. The number of rotatable bonds is 5. The second-order valence-electron chi connectivity index (χ2n) is 4.37. The second kappa shape index (κ2) is 6.87. The third kappa shape index (κ3) is 4.21. The van der Waals surface area contributed by atoms with Crippen LogP contribution in [0.2, 0.25) is 5.02 Å². The summed E-state index contributed by atoms with van der Waals surface area (Å²) in [6.07, 6.45) is 1.94. The quantitative estimate of drug-likeness (QED) is 0.856. The summed E-state index contributed by atoms with van der Waals surface area (Å²) >= 11 is 5.79. The molecule has 0 aliphatic rings. The van der Waals surface area contributed by atoms with Crippen molar-refractivity contribution in [1.82, 2.24) is 0 Å². The van der Waals surface area contributed by atoms with Gasteiger partial charge in [-0.25, -0.2) is 4.79 Å². The zero-order valence-corrected chi connectivity index (χ0v) is 11.5. The van der Waals surface area contributed by atoms with E-state index in [2.05, 4.69) is 4.99 Å². The molecule has 0 bridgehead atoms. The minimum atomic E-state index is -0.931. The number of hydrogen-bond donors (Lipinski definition) is 1. The van der Waals surface area contributed by atoms with Gasteiger partial charge in [-0.3, -0.25) is 4.99 Å². The van der Waals surface area contributed by atoms with Crippen LogP contribution in [0.25, 0.3) is 0 Å². The zero-order valence-electron chi connectivity index (χ0n) is 10.7. The van der Waals surface area contributed by atoms with Gasteiger partial charge < -0.3 is 5.11 Å². The van der Waals surface area contributed by atoms with Crippen LogP contribution in [-0.4, -0.2) is 23.3 Å². The molecule has 102 valence electrons. The van der Waals surface area contributed by atoms with Crippen molar-refractivity contribution in [2.24, 2.45) is 4.99 Å². The molecule has 2 aromatic carbocycles. The van der Waals surface area contributed by atoms with Gasteiger partial charge in [-0.2, -0.15) is 0 Å². The van der Waals surface area contributed by atoms with Crippen molar-refractivity contribution in [1.29, 1.82) is 0 Å². The monoisotopic (exact) mass is 287 g/mol. The summed E-state index contributed by atoms with van der Waals surface area (Å²) in [4.78, 5) is 15.4. The Hall–Kier alpha value is -2.13. The molecule has 1 unspecified atom stereocenters. The highest BCUT2D eigenvalue weighted by Gasteiger charge is 2.15. The fraction of sp³-hybridized carbons (Fsp3) is 0.125. The predicted octanol–water partition coefficient (Wildman–Crippen LogP) is 3.45. The maximum atomic E-state index is 11.2. The number of carbonyl (C=O) groups is 1. The fourth-order valence-electron chi connectivity index (χ4n) is 1.77. The van der Waals surface area contributed by atoms with Crippen LogP contribution < -0.4 is 0 Å². The second-order valence-corrected chi connectivity index (χ2v) is 4.81. The Bertz CT molecular complexity index is 594. The third-order valence-corrected chi connectivity index (χ3v) is 3.08. The Morgan fingerprint density at radius 1 is 1.15 bits per heavy atom. The number of nitrogens with zero attached hydrogens (tertiary/aromatic N) is 1. The summed E-state index contributed by atoms with van der Waals surface area (Å²) < 4.78 is 0. The van der Waals surface area contributed by atoms with Gasteiger partial charge in [-0.1, -0.05) is 54.1 Å². The predicted molar refractivity (Wildman–Crippen MR) is 80.6 cm³/mol. The van der Waals surface area contributed by atoms with Crippen molar-refractivity contribution in [2.45, 2.75) is 12.5 Å². The summed E-state index contributed by atoms with van der Waals surface area (Å²) in [7, 11) is 0. The van der Waals surface area contributed by atoms with Gasteiger partial charge in [0.25, 0.3) is 0 Å². The van der Waals surface area contributed by atoms with Gasteiger partial charge in [0.2, 0.25) is 0 Å². The molecule has 20 heavy (non-hydrogen) atoms. The van der Waals surface area contributed by atoms with Crippen molar-refractivity contribution in [2.75, 3.05) is 0 Å². The van der Waals surface area contributed by atoms with E-state index >= 15 is 0 Å². The molecule has 1 atom stereocenters. The van der Waals surface area contributed by atoms with Crippen LogP contribution in [0.3, 0.4) is 0 Å². The van der Waals surface area contributed by atoms with Crippen molar-refractivity contribution in [3.05, 3.63) is 70.7 Å². The van der Waals surface area contributed by atoms with Gasteiger partial charge in [0.05, 0.1) is 0 Å². The van der Waals surface area contributed by atoms with Gasteiger partial charge in [0.15, 0.2) is 6.04 Å². The maximum absolute atomic E-state index is 11.2. The normalized spacial score (nSPS) is 12.4. The molecule has 0 saturated carbocycles. The lowest BCUT2D eigenvalue weighted by molar-refractivity contribution is -0.138. The summed E-state index contributed by atoms with van der Waals surface area (Å²) in [5, 5.41) is 9.86. The Morgan fingerprint density at radius 2 is 1.80 bits per heavy atom. The summed E-state index contributed by atoms with van der Waals surface area (Å²) in [6.45, 7) is 0. The Morgan fingerprint density at radius 3 is 2.40 bits per heavy atom. The average molecular weight is 288 g/mol. The highest BCUT2D eigenvalue weighted by molar-refractivity contribution is 6.30. The molecule has 0 amide bonds. The number of hydrogen-bond acceptors (Lipinski definition) is 2. The minimum absolute atomic E-state index is 0.375. The van der Waals surface area contributed by atoms with Gasteiger partial charge in [-0.15, -0.1) is 0 Å². The van der Waals surface area contributed by atoms with E-state index in [0.29, 0.717) is 11.4 Å². The summed E-state index contributed by atoms with van der Waals surface area (Å²) in [6, 6.07) is 15.8. The molecular formula is C16H14ClNO2. The van der Waals surface area contributed by atoms with E-state index in [4.69, 9.17) is 11.6 Å². The molecule has 0 saturated heterocycles. The molecule has 3 nitrogen and oxygen atoms in total. The van der Waals surface area contributed by atoms with Crippen molar-refractivity contribution < 1.29 is 9.90 Å². The first-order chi connectivity index (χ1) is 9.65. The largest absolute Gasteiger partial charge is 0.480 e. The zero-order chi connectivity index (χ0) is 14.4. The van der Waals surface area contributed by atoms with E-state index in [1.807, 2.05) is 30.3 Å². The van der Waals surface area contributed by atoms with Crippen LogP contribution >= 0.6 is 11.6 Å². The molecular weight excluding hydrogens is 274 g/mol. The number of aliphatic carboxylic acids is 1. The number of carboxylic acid groups (broad SMARTS) is 1. The molecule has 0 spiro atoms. The molecule has 4 heteroatoms. The summed E-state index contributed by atoms with van der Waals surface area (Å²) in [5.41, 5.74) is 1.78. The van der Waals surface area contributed by atoms with Gasteiger partial charge in [0.1, 0.15) is 0 Å². The molecule has 0 aromatic heterocycles. The topological polar surface area (TPSA) is 49.7 Å². The van der Waals surface area contributed by atoms with Crippen molar-refractivity contribution in [3.63, 3.8) is 0 Å². The minimum Gasteiger partial charge on any atom is -0.480 e. The SMILES string of the molecule is O=C(O)C(Cc1ccccc1)N=Cc1ccc(Cl)cc1. The Balaban J connectivity index is 2.09. The number of aliphatic imine (C=N–C) groups is 1. The first-order valence-electron chi connectivity index (χ1n) is 6.20. The first kappa shape index (κ1) is 14.3. The van der Waals surface area contributed by atoms with Crippen LogP contribution in [0.15, 0.2) is 59.6 Å². The molecule has 0 aliphatic heterocycles. The number of carboxylic acids is 1. The molecule has 2 rings (SSSR count). The van der Waals surface area contributed by atoms with Crippen molar-refractivity contribution in [3.8, 4) is 0 Å². The maximum Gasteiger partial charge on any atom is 0.328 e. The van der Waals surface area contributed by atoms with Crippen LogP contribution in [0.4, 0.5) is 0 Å². The van der Waals surface area contributed by atoms with E-state index in [9.17, 15) is 9.90 Å². The molecule has 1 N–H and O–H groups in total. The van der Waals surface area contributed by atoms with E-state index in [1.54, 1.807) is 30.5 Å². The molecule has 0 fully saturated rings. The van der Waals surface area contributed by atoms with Crippen LogP contribution in [0.5, 0.6) is 0 Å². The molecule has 0 radical (unpaired) electrons. The Labute approximate surface area is 122 Å². The smallest absolute Gasteiger partial charge is 0.328 e. The van der Waals surface area contributed by atoms with Gasteiger partial charge in [-0.05, 0) is 23.3 Å². The highest BCUT2D eigenvalue weighted by Crippen LogP contribution is 2.09. The molecule has 2 aromatic rings. The molecule has 0 aliphatic carbocycles. The average Bonchev–Trinajstić information content (AvgIpc) is 2.46. The van der Waals surface area contributed by atoms with E-state index in [0.717, 1.165) is 11.1 Å². The summed E-state index contributed by atoms with van der Waals surface area (Å²) in [5.74, 6) is -0.931. The molecule has 0 heterocycles. The highest BCUT2D eigenvalue weighted by atomic mass is 35.5.